The predicted molar refractivity (Wildman–Crippen MR) is 137 cm³/mol. The molecule has 0 spiro atoms. The number of aliphatic carboxylic acids is 2. The van der Waals surface area contributed by atoms with Gasteiger partial charge >= 0.3 is 11.9 Å². The molecule has 39 heavy (non-hydrogen) atoms. The largest absolute Gasteiger partial charge is 0.481 e. The van der Waals surface area contributed by atoms with E-state index in [0.717, 1.165) is 10.9 Å². The van der Waals surface area contributed by atoms with Crippen LogP contribution in [0, 0.1) is 0 Å². The fraction of sp³-hybridized carbons (Fsp3) is 0.440. The summed E-state index contributed by atoms with van der Waals surface area (Å²) in [6, 6.07) is 2.34. The Hall–Kier alpha value is -4.46. The van der Waals surface area contributed by atoms with Crippen molar-refractivity contribution in [3.05, 3.63) is 36.0 Å². The maximum Gasteiger partial charge on any atom is 0.326 e. The number of aromatic nitrogens is 1. The van der Waals surface area contributed by atoms with Gasteiger partial charge in [0.1, 0.15) is 18.1 Å². The van der Waals surface area contributed by atoms with E-state index in [4.69, 9.17) is 16.6 Å². The molecular formula is C25H32N6O8. The number of benzene rings is 1. The van der Waals surface area contributed by atoms with Crippen LogP contribution in [0.1, 0.15) is 37.7 Å². The Morgan fingerprint density at radius 2 is 1.79 bits per heavy atom. The Bertz CT molecular complexity index is 1260. The SMILES string of the molecule is NC(=O)CC(NC(=O)C(N)CCC(=O)O)C(=O)N1CCCC1C(=O)NC(Cc1c[nH]c2ccccc12)C(=O)O. The standard InChI is InChI=1S/C25H32N6O8/c26-15(7-8-21(33)34)22(35)29-17(11-20(27)32)24(37)31-9-3-6-19(31)23(36)30-18(25(38)39)10-13-12-28-16-5-2-1-4-14(13)16/h1-2,4-5,12,15,17-19,28H,3,6-11,26H2,(H2,27,32)(H,29,35)(H,30,36)(H,33,34)(H,38,39). The number of hydrogen-bond donors (Lipinski definition) is 7. The highest BCUT2D eigenvalue weighted by atomic mass is 16.4. The average molecular weight is 545 g/mol. The summed E-state index contributed by atoms with van der Waals surface area (Å²) in [6.07, 6.45) is 1.21. The zero-order valence-corrected chi connectivity index (χ0v) is 21.1. The third-order valence-electron chi connectivity index (χ3n) is 6.58. The van der Waals surface area contributed by atoms with Crippen molar-refractivity contribution >= 4 is 46.5 Å². The smallest absolute Gasteiger partial charge is 0.326 e. The van der Waals surface area contributed by atoms with Gasteiger partial charge in [-0.25, -0.2) is 4.79 Å². The third kappa shape index (κ3) is 7.54. The second-order valence-corrected chi connectivity index (χ2v) is 9.42. The van der Waals surface area contributed by atoms with Crippen molar-refractivity contribution in [3.8, 4) is 0 Å². The molecule has 0 saturated carbocycles. The molecule has 4 unspecified atom stereocenters. The van der Waals surface area contributed by atoms with E-state index in [1.54, 1.807) is 6.20 Å². The molecule has 0 radical (unpaired) electrons. The van der Waals surface area contributed by atoms with Crippen molar-refractivity contribution in [1.29, 1.82) is 0 Å². The van der Waals surface area contributed by atoms with Crippen molar-refractivity contribution in [2.45, 2.75) is 62.7 Å². The van der Waals surface area contributed by atoms with E-state index in [-0.39, 0.29) is 32.2 Å². The monoisotopic (exact) mass is 544 g/mol. The number of para-hydroxylation sites is 1. The van der Waals surface area contributed by atoms with E-state index in [9.17, 15) is 33.9 Å². The summed E-state index contributed by atoms with van der Waals surface area (Å²) in [5, 5.41) is 24.2. The zero-order valence-electron chi connectivity index (χ0n) is 21.1. The Kier molecular flexibility index (Phi) is 9.60. The van der Waals surface area contributed by atoms with E-state index in [2.05, 4.69) is 15.6 Å². The summed E-state index contributed by atoms with van der Waals surface area (Å²) < 4.78 is 0. The second kappa shape index (κ2) is 12.9. The number of rotatable bonds is 13. The van der Waals surface area contributed by atoms with Crippen molar-refractivity contribution in [2.24, 2.45) is 11.5 Å². The first-order valence-corrected chi connectivity index (χ1v) is 12.4. The molecule has 1 fully saturated rings. The number of fused-ring (bicyclic) bond motifs is 1. The van der Waals surface area contributed by atoms with Gasteiger partial charge in [0.2, 0.25) is 23.6 Å². The molecule has 0 bridgehead atoms. The summed E-state index contributed by atoms with van der Waals surface area (Å²) >= 11 is 0. The first-order valence-electron chi connectivity index (χ1n) is 12.4. The summed E-state index contributed by atoms with van der Waals surface area (Å²) in [6.45, 7) is 0.132. The Morgan fingerprint density at radius 1 is 1.08 bits per heavy atom. The highest BCUT2D eigenvalue weighted by molar-refractivity contribution is 5.96. The molecule has 4 amide bonds. The van der Waals surface area contributed by atoms with E-state index in [0.29, 0.717) is 12.0 Å². The number of carbonyl (C=O) groups is 6. The first kappa shape index (κ1) is 29.1. The van der Waals surface area contributed by atoms with Crippen LogP contribution >= 0.6 is 0 Å². The molecule has 0 aliphatic carbocycles. The zero-order chi connectivity index (χ0) is 28.7. The van der Waals surface area contributed by atoms with E-state index >= 15 is 0 Å². The molecule has 14 heteroatoms. The van der Waals surface area contributed by atoms with Gasteiger partial charge in [0.05, 0.1) is 12.5 Å². The van der Waals surface area contributed by atoms with Gasteiger partial charge in [-0.15, -0.1) is 0 Å². The van der Waals surface area contributed by atoms with Crippen molar-refractivity contribution in [2.75, 3.05) is 6.54 Å². The van der Waals surface area contributed by atoms with Crippen LogP contribution in [-0.2, 0) is 35.2 Å². The van der Waals surface area contributed by atoms with Crippen molar-refractivity contribution in [1.82, 2.24) is 20.5 Å². The quantitative estimate of drug-likeness (QED) is 0.160. The van der Waals surface area contributed by atoms with Crippen LogP contribution < -0.4 is 22.1 Å². The van der Waals surface area contributed by atoms with Gasteiger partial charge in [-0.1, -0.05) is 18.2 Å². The van der Waals surface area contributed by atoms with Gasteiger partial charge in [-0.2, -0.15) is 0 Å². The van der Waals surface area contributed by atoms with Crippen LogP contribution in [0.25, 0.3) is 10.9 Å². The van der Waals surface area contributed by atoms with E-state index < -0.39 is 66.2 Å². The summed E-state index contributed by atoms with van der Waals surface area (Å²) in [4.78, 5) is 77.5. The molecule has 1 aliphatic heterocycles. The number of hydrogen-bond acceptors (Lipinski definition) is 7. The number of carbonyl (C=O) groups excluding carboxylic acids is 4. The van der Waals surface area contributed by atoms with E-state index in [1.807, 2.05) is 24.3 Å². The minimum Gasteiger partial charge on any atom is -0.481 e. The Labute approximate surface area is 223 Å². The minimum absolute atomic E-state index is 0.000339. The molecule has 1 aromatic heterocycles. The third-order valence-corrected chi connectivity index (χ3v) is 6.58. The molecule has 210 valence electrons. The van der Waals surface area contributed by atoms with Gasteiger partial charge < -0.3 is 42.2 Å². The van der Waals surface area contributed by atoms with Crippen LogP contribution in [0.4, 0.5) is 0 Å². The van der Waals surface area contributed by atoms with Crippen molar-refractivity contribution in [3.63, 3.8) is 0 Å². The molecule has 14 nitrogen and oxygen atoms in total. The maximum absolute atomic E-state index is 13.3. The number of nitrogens with two attached hydrogens (primary N) is 2. The number of nitrogens with one attached hydrogen (secondary N) is 3. The fourth-order valence-corrected chi connectivity index (χ4v) is 4.58. The van der Waals surface area contributed by atoms with Crippen LogP contribution in [0.5, 0.6) is 0 Å². The highest BCUT2D eigenvalue weighted by Gasteiger charge is 2.39. The molecule has 3 rings (SSSR count). The molecular weight excluding hydrogens is 512 g/mol. The topological polar surface area (TPSA) is 238 Å². The molecule has 9 N–H and O–H groups in total. The summed E-state index contributed by atoms with van der Waals surface area (Å²) in [7, 11) is 0. The Balaban J connectivity index is 1.71. The van der Waals surface area contributed by atoms with Gasteiger partial charge in [0.25, 0.3) is 0 Å². The van der Waals surface area contributed by atoms with Gasteiger partial charge in [0, 0.05) is 36.5 Å². The van der Waals surface area contributed by atoms with Crippen LogP contribution in [0.2, 0.25) is 0 Å². The number of nitrogens with zero attached hydrogens (tertiary/aromatic N) is 1. The fourth-order valence-electron chi connectivity index (χ4n) is 4.58. The van der Waals surface area contributed by atoms with Crippen LogP contribution in [0.15, 0.2) is 30.5 Å². The maximum atomic E-state index is 13.3. The summed E-state index contributed by atoms with van der Waals surface area (Å²) in [5.74, 6) is -5.58. The van der Waals surface area contributed by atoms with Gasteiger partial charge in [-0.3, -0.25) is 24.0 Å². The predicted octanol–water partition coefficient (Wildman–Crippen LogP) is -1.18. The number of primary amides is 1. The lowest BCUT2D eigenvalue weighted by Gasteiger charge is -2.29. The lowest BCUT2D eigenvalue weighted by molar-refractivity contribution is -0.145. The van der Waals surface area contributed by atoms with Gasteiger partial charge in [0.15, 0.2) is 0 Å². The summed E-state index contributed by atoms with van der Waals surface area (Å²) in [5.41, 5.74) is 12.5. The highest BCUT2D eigenvalue weighted by Crippen LogP contribution is 2.22. The minimum atomic E-state index is -1.43. The number of carboxylic acids is 2. The molecule has 1 aliphatic rings. The number of amides is 4. The van der Waals surface area contributed by atoms with Gasteiger partial charge in [-0.05, 0) is 30.9 Å². The lowest BCUT2D eigenvalue weighted by Crippen LogP contribution is -2.57. The van der Waals surface area contributed by atoms with Crippen LogP contribution in [-0.4, -0.2) is 86.4 Å². The second-order valence-electron chi connectivity index (χ2n) is 9.42. The number of likely N-dealkylation sites (tertiary alicyclic amines) is 1. The number of carboxylic acid groups (broad SMARTS) is 2. The molecule has 1 saturated heterocycles. The number of aromatic amines is 1. The number of H-pyrrole nitrogens is 1. The van der Waals surface area contributed by atoms with Crippen LogP contribution in [0.3, 0.4) is 0 Å². The average Bonchev–Trinajstić information content (AvgIpc) is 3.53. The molecule has 2 heterocycles. The molecule has 1 aromatic carbocycles. The van der Waals surface area contributed by atoms with E-state index in [1.165, 1.54) is 4.90 Å². The lowest BCUT2D eigenvalue weighted by atomic mass is 10.0. The normalized spacial score (nSPS) is 17.3. The Morgan fingerprint density at radius 3 is 2.46 bits per heavy atom. The molecule has 4 atom stereocenters. The van der Waals surface area contributed by atoms with Crippen molar-refractivity contribution < 1.29 is 39.0 Å². The molecule has 2 aromatic rings. The first-order chi connectivity index (χ1) is 18.5.